The van der Waals surface area contributed by atoms with E-state index < -0.39 is 0 Å². The molecule has 0 aliphatic carbocycles. The van der Waals surface area contributed by atoms with Crippen molar-refractivity contribution >= 4 is 23.1 Å². The van der Waals surface area contributed by atoms with E-state index in [4.69, 9.17) is 4.74 Å². The number of benzene rings is 2. The summed E-state index contributed by atoms with van der Waals surface area (Å²) in [5.41, 5.74) is 1.17. The van der Waals surface area contributed by atoms with E-state index in [0.29, 0.717) is 6.61 Å². The van der Waals surface area contributed by atoms with Crippen molar-refractivity contribution in [3.05, 3.63) is 66.2 Å². The summed E-state index contributed by atoms with van der Waals surface area (Å²) >= 11 is 0. The molecule has 0 saturated heterocycles. The van der Waals surface area contributed by atoms with E-state index in [1.807, 2.05) is 54.6 Å². The van der Waals surface area contributed by atoms with E-state index in [1.54, 1.807) is 0 Å². The van der Waals surface area contributed by atoms with Crippen molar-refractivity contribution in [2.24, 2.45) is 0 Å². The van der Waals surface area contributed by atoms with Gasteiger partial charge in [0, 0.05) is 5.75 Å². The van der Waals surface area contributed by atoms with Crippen LogP contribution in [0.25, 0.3) is 0 Å². The van der Waals surface area contributed by atoms with Crippen molar-refractivity contribution in [1.82, 2.24) is 0 Å². The van der Waals surface area contributed by atoms with Crippen LogP contribution in [0.5, 0.6) is 5.75 Å². The molecule has 78 valence electrons. The molecule has 0 unspecified atom stereocenters. The summed E-state index contributed by atoms with van der Waals surface area (Å²) in [6.07, 6.45) is 0. The molecule has 0 fully saturated rings. The van der Waals surface area contributed by atoms with Gasteiger partial charge in [0.2, 0.25) is 0 Å². The van der Waals surface area contributed by atoms with Crippen LogP contribution in [0.2, 0.25) is 0 Å². The predicted octanol–water partition coefficient (Wildman–Crippen LogP) is -0.311. The standard InChI is InChI=1S/C13H11O.BrH.Mg/c1-3-7-12(8-4-1)11-14-13-9-5-2-6-10-13;;/h1-9H,11H2;1H;/q-1;;+2/p-1. The number of halogens is 1. The molecule has 0 amide bonds. The Morgan fingerprint density at radius 1 is 0.938 bits per heavy atom. The fourth-order valence-electron chi connectivity index (χ4n) is 1.20. The van der Waals surface area contributed by atoms with Gasteiger partial charge in [-0.25, -0.2) is 0 Å². The average Bonchev–Trinajstić information content (AvgIpc) is 2.29. The molecule has 2 aromatic rings. The van der Waals surface area contributed by atoms with Crippen LogP contribution in [0, 0.1) is 6.07 Å². The van der Waals surface area contributed by atoms with Crippen molar-refractivity contribution in [1.29, 1.82) is 0 Å². The van der Waals surface area contributed by atoms with Crippen molar-refractivity contribution in [2.75, 3.05) is 0 Å². The van der Waals surface area contributed by atoms with Gasteiger partial charge >= 0.3 is 23.1 Å². The minimum atomic E-state index is 0. The Labute approximate surface area is 123 Å². The van der Waals surface area contributed by atoms with E-state index in [-0.39, 0.29) is 40.0 Å². The summed E-state index contributed by atoms with van der Waals surface area (Å²) in [4.78, 5) is 0. The van der Waals surface area contributed by atoms with E-state index >= 15 is 0 Å². The molecule has 0 aliphatic rings. The van der Waals surface area contributed by atoms with Gasteiger partial charge in [-0.1, -0.05) is 30.3 Å². The molecule has 0 spiro atoms. The Morgan fingerprint density at radius 2 is 1.62 bits per heavy atom. The van der Waals surface area contributed by atoms with Crippen LogP contribution in [-0.2, 0) is 6.61 Å². The molecule has 2 aromatic carbocycles. The maximum Gasteiger partial charge on any atom is 2.00 e. The molecule has 0 atom stereocenters. The number of hydrogen-bond donors (Lipinski definition) is 0. The summed E-state index contributed by atoms with van der Waals surface area (Å²) < 4.78 is 5.54. The Morgan fingerprint density at radius 3 is 2.25 bits per heavy atom. The molecule has 0 N–H and O–H groups in total. The summed E-state index contributed by atoms with van der Waals surface area (Å²) in [7, 11) is 0. The Balaban J connectivity index is 0.00000112. The quantitative estimate of drug-likeness (QED) is 0.556. The van der Waals surface area contributed by atoms with Gasteiger partial charge in [-0.2, -0.15) is 18.2 Å². The second-order valence-electron chi connectivity index (χ2n) is 3.00. The minimum Gasteiger partial charge on any atom is -1.00 e. The predicted molar refractivity (Wildman–Crippen MR) is 61.8 cm³/mol. The van der Waals surface area contributed by atoms with Gasteiger partial charge in [0.05, 0.1) is 0 Å². The van der Waals surface area contributed by atoms with E-state index in [2.05, 4.69) is 6.07 Å². The van der Waals surface area contributed by atoms with Crippen LogP contribution in [-0.4, -0.2) is 23.1 Å². The first kappa shape index (κ1) is 15.5. The fraction of sp³-hybridized carbons (Fsp3) is 0.0769. The van der Waals surface area contributed by atoms with Crippen molar-refractivity contribution in [3.63, 3.8) is 0 Å². The Bertz CT molecular complexity index is 338. The molecular formula is C13H11BrMgO. The number of hydrogen-bond acceptors (Lipinski definition) is 1. The Hall–Kier alpha value is -0.514. The third kappa shape index (κ3) is 5.01. The van der Waals surface area contributed by atoms with Crippen LogP contribution < -0.4 is 21.7 Å². The molecule has 16 heavy (non-hydrogen) atoms. The topological polar surface area (TPSA) is 9.23 Å². The number of para-hydroxylation sites is 1. The molecular weight excluding hydrogens is 276 g/mol. The maximum absolute atomic E-state index is 5.54. The molecule has 0 aliphatic heterocycles. The van der Waals surface area contributed by atoms with E-state index in [1.165, 1.54) is 5.56 Å². The fourth-order valence-corrected chi connectivity index (χ4v) is 1.20. The summed E-state index contributed by atoms with van der Waals surface area (Å²) in [6, 6.07) is 20.7. The summed E-state index contributed by atoms with van der Waals surface area (Å²) in [5, 5.41) is 0. The molecule has 0 bridgehead atoms. The normalized spacial score (nSPS) is 8.50. The van der Waals surface area contributed by atoms with Gasteiger partial charge in [0.15, 0.2) is 0 Å². The minimum absolute atomic E-state index is 0. The van der Waals surface area contributed by atoms with Gasteiger partial charge in [0.25, 0.3) is 0 Å². The van der Waals surface area contributed by atoms with Gasteiger partial charge in [-0.15, -0.1) is 12.1 Å². The second kappa shape index (κ2) is 8.62. The maximum atomic E-state index is 5.54. The number of rotatable bonds is 3. The second-order valence-corrected chi connectivity index (χ2v) is 3.00. The van der Waals surface area contributed by atoms with E-state index in [0.717, 1.165) is 5.75 Å². The summed E-state index contributed by atoms with van der Waals surface area (Å²) in [6.45, 7) is 0.599. The zero-order valence-corrected chi connectivity index (χ0v) is 11.9. The van der Waals surface area contributed by atoms with E-state index in [9.17, 15) is 0 Å². The van der Waals surface area contributed by atoms with Crippen molar-refractivity contribution < 1.29 is 21.7 Å². The van der Waals surface area contributed by atoms with Crippen LogP contribution in [0.3, 0.4) is 0 Å². The van der Waals surface area contributed by atoms with Crippen LogP contribution in [0.1, 0.15) is 5.56 Å². The first-order valence-corrected chi connectivity index (χ1v) is 4.58. The third-order valence-electron chi connectivity index (χ3n) is 1.92. The molecule has 0 aromatic heterocycles. The average molecular weight is 287 g/mol. The van der Waals surface area contributed by atoms with Gasteiger partial charge in [-0.3, -0.25) is 0 Å². The SMILES string of the molecule is [Br-].[Mg+2].[c-]1ccccc1OCc1ccccc1. The van der Waals surface area contributed by atoms with Crippen LogP contribution >= 0.6 is 0 Å². The largest absolute Gasteiger partial charge is 2.00 e. The Kier molecular flexibility index (Phi) is 8.34. The molecule has 1 nitrogen and oxygen atoms in total. The zero-order chi connectivity index (χ0) is 9.64. The van der Waals surface area contributed by atoms with Gasteiger partial charge in [-0.05, 0) is 5.56 Å². The van der Waals surface area contributed by atoms with Crippen LogP contribution in [0.4, 0.5) is 0 Å². The number of ether oxygens (including phenoxy) is 1. The molecule has 0 heterocycles. The molecule has 2 rings (SSSR count). The first-order valence-electron chi connectivity index (χ1n) is 4.58. The van der Waals surface area contributed by atoms with Gasteiger partial charge in [0.1, 0.15) is 6.61 Å². The monoisotopic (exact) mass is 286 g/mol. The third-order valence-corrected chi connectivity index (χ3v) is 1.92. The molecule has 3 heteroatoms. The molecule has 0 radical (unpaired) electrons. The van der Waals surface area contributed by atoms with Crippen molar-refractivity contribution in [2.45, 2.75) is 6.61 Å². The van der Waals surface area contributed by atoms with Crippen LogP contribution in [0.15, 0.2) is 54.6 Å². The summed E-state index contributed by atoms with van der Waals surface area (Å²) in [5.74, 6) is 0.788. The molecule has 0 saturated carbocycles. The first-order chi connectivity index (χ1) is 6.95. The van der Waals surface area contributed by atoms with Gasteiger partial charge < -0.3 is 21.7 Å². The van der Waals surface area contributed by atoms with Crippen molar-refractivity contribution in [3.8, 4) is 5.75 Å². The smallest absolute Gasteiger partial charge is 1.00 e. The zero-order valence-electron chi connectivity index (χ0n) is 8.90.